The summed E-state index contributed by atoms with van der Waals surface area (Å²) in [6, 6.07) is 1.83. The molecule has 0 aliphatic carbocycles. The van der Waals surface area contributed by atoms with Gasteiger partial charge in [-0.25, -0.2) is 4.79 Å². The summed E-state index contributed by atoms with van der Waals surface area (Å²) in [5.74, 6) is -0.340. The Bertz CT molecular complexity index is 280. The number of halogens is 1. The van der Waals surface area contributed by atoms with E-state index < -0.39 is 0 Å². The van der Waals surface area contributed by atoms with Crippen LogP contribution in [0.2, 0.25) is 0 Å². The molecule has 0 aromatic carbocycles. The molecule has 0 unspecified atom stereocenters. The van der Waals surface area contributed by atoms with Crippen molar-refractivity contribution in [1.29, 1.82) is 0 Å². The van der Waals surface area contributed by atoms with Gasteiger partial charge in [0.25, 0.3) is 0 Å². The van der Waals surface area contributed by atoms with Crippen molar-refractivity contribution in [2.45, 2.75) is 6.92 Å². The maximum absolute atomic E-state index is 11.0. The van der Waals surface area contributed by atoms with E-state index in [1.54, 1.807) is 0 Å². The summed E-state index contributed by atoms with van der Waals surface area (Å²) in [6.07, 6.45) is 0. The van der Waals surface area contributed by atoms with Crippen LogP contribution in [0, 0.1) is 6.92 Å². The first-order chi connectivity index (χ1) is 5.15. The Labute approximate surface area is 72.9 Å². The first kappa shape index (κ1) is 8.33. The largest absolute Gasteiger partial charge is 0.464 e. The number of carbonyl (C=O) groups excluding carboxylic acids is 1. The van der Waals surface area contributed by atoms with Gasteiger partial charge in [0.1, 0.15) is 5.69 Å². The summed E-state index contributed by atoms with van der Waals surface area (Å²) < 4.78 is 5.33. The van der Waals surface area contributed by atoms with Crippen LogP contribution >= 0.6 is 15.9 Å². The second-order valence-corrected chi connectivity index (χ2v) is 3.02. The number of ether oxygens (including phenoxy) is 1. The molecule has 0 bridgehead atoms. The fourth-order valence-corrected chi connectivity index (χ4v) is 1.37. The van der Waals surface area contributed by atoms with Crippen molar-refractivity contribution in [3.05, 3.63) is 21.9 Å². The topological polar surface area (TPSA) is 42.1 Å². The first-order valence-corrected chi connectivity index (χ1v) is 3.88. The van der Waals surface area contributed by atoms with Gasteiger partial charge in [0, 0.05) is 0 Å². The van der Waals surface area contributed by atoms with Crippen molar-refractivity contribution in [3.63, 3.8) is 0 Å². The van der Waals surface area contributed by atoms with E-state index in [0.29, 0.717) is 5.69 Å². The molecule has 1 aromatic heterocycles. The van der Waals surface area contributed by atoms with Crippen LogP contribution in [-0.2, 0) is 4.74 Å². The molecule has 0 radical (unpaired) electrons. The zero-order valence-electron chi connectivity index (χ0n) is 6.27. The van der Waals surface area contributed by atoms with Gasteiger partial charge in [-0.15, -0.1) is 0 Å². The number of esters is 1. The Morgan fingerprint density at radius 1 is 1.73 bits per heavy atom. The Morgan fingerprint density at radius 2 is 2.36 bits per heavy atom. The van der Waals surface area contributed by atoms with Gasteiger partial charge in [-0.2, -0.15) is 0 Å². The van der Waals surface area contributed by atoms with Gasteiger partial charge in [-0.05, 0) is 34.5 Å². The number of aromatic nitrogens is 1. The minimum atomic E-state index is -0.340. The number of aromatic amines is 1. The molecular formula is C7H8BrNO2. The van der Waals surface area contributed by atoms with Crippen molar-refractivity contribution in [2.24, 2.45) is 0 Å². The molecule has 0 atom stereocenters. The third kappa shape index (κ3) is 1.63. The lowest BCUT2D eigenvalue weighted by molar-refractivity contribution is 0.0594. The Balaban J connectivity index is 3.03. The molecule has 3 nitrogen and oxygen atoms in total. The van der Waals surface area contributed by atoms with Crippen LogP contribution in [-0.4, -0.2) is 18.1 Å². The molecule has 0 amide bonds. The third-order valence-corrected chi connectivity index (χ3v) is 1.80. The molecule has 1 aromatic rings. The number of aryl methyl sites for hydroxylation is 1. The standard InChI is InChI=1S/C7H8BrNO2/c1-4-3-5(8)9-6(4)7(10)11-2/h3,9H,1-2H3. The molecular weight excluding hydrogens is 210 g/mol. The maximum atomic E-state index is 11.0. The predicted octanol–water partition coefficient (Wildman–Crippen LogP) is 1.87. The van der Waals surface area contributed by atoms with Crippen LogP contribution in [0.5, 0.6) is 0 Å². The number of rotatable bonds is 1. The first-order valence-electron chi connectivity index (χ1n) is 3.08. The van der Waals surface area contributed by atoms with Crippen LogP contribution in [0.3, 0.4) is 0 Å². The highest BCUT2D eigenvalue weighted by Gasteiger charge is 2.10. The van der Waals surface area contributed by atoms with E-state index in [4.69, 9.17) is 0 Å². The quantitative estimate of drug-likeness (QED) is 0.731. The van der Waals surface area contributed by atoms with Gasteiger partial charge in [0.2, 0.25) is 0 Å². The van der Waals surface area contributed by atoms with Gasteiger partial charge in [-0.1, -0.05) is 0 Å². The molecule has 60 valence electrons. The number of hydrogen-bond donors (Lipinski definition) is 1. The second-order valence-electron chi connectivity index (χ2n) is 2.17. The van der Waals surface area contributed by atoms with Gasteiger partial charge in [0.15, 0.2) is 0 Å². The lowest BCUT2D eigenvalue weighted by Crippen LogP contribution is -2.02. The number of H-pyrrole nitrogens is 1. The molecule has 11 heavy (non-hydrogen) atoms. The molecule has 1 heterocycles. The number of nitrogens with one attached hydrogen (secondary N) is 1. The molecule has 1 rings (SSSR count). The Morgan fingerprint density at radius 3 is 2.73 bits per heavy atom. The van der Waals surface area contributed by atoms with Crippen molar-refractivity contribution in [1.82, 2.24) is 4.98 Å². The van der Waals surface area contributed by atoms with E-state index in [0.717, 1.165) is 10.2 Å². The lowest BCUT2D eigenvalue weighted by Gasteiger charge is -1.95. The fourth-order valence-electron chi connectivity index (χ4n) is 0.830. The summed E-state index contributed by atoms with van der Waals surface area (Å²) in [7, 11) is 1.36. The molecule has 0 spiro atoms. The predicted molar refractivity (Wildman–Crippen MR) is 44.6 cm³/mol. The highest BCUT2D eigenvalue weighted by molar-refractivity contribution is 9.10. The molecule has 0 saturated carbocycles. The van der Waals surface area contributed by atoms with E-state index in [9.17, 15) is 4.79 Å². The highest BCUT2D eigenvalue weighted by atomic mass is 79.9. The molecule has 0 fully saturated rings. The zero-order chi connectivity index (χ0) is 8.43. The molecule has 0 saturated heterocycles. The van der Waals surface area contributed by atoms with Gasteiger partial charge >= 0.3 is 5.97 Å². The SMILES string of the molecule is COC(=O)c1[nH]c(Br)cc1C. The third-order valence-electron chi connectivity index (χ3n) is 1.37. The van der Waals surface area contributed by atoms with Crippen LogP contribution in [0.15, 0.2) is 10.7 Å². The highest BCUT2D eigenvalue weighted by Crippen LogP contribution is 2.14. The van der Waals surface area contributed by atoms with E-state index in [2.05, 4.69) is 25.7 Å². The van der Waals surface area contributed by atoms with E-state index in [-0.39, 0.29) is 5.97 Å². The second kappa shape index (κ2) is 3.09. The van der Waals surface area contributed by atoms with Crippen LogP contribution in [0.25, 0.3) is 0 Å². The summed E-state index contributed by atoms with van der Waals surface area (Å²) in [5.41, 5.74) is 1.38. The summed E-state index contributed by atoms with van der Waals surface area (Å²) >= 11 is 3.22. The number of carbonyl (C=O) groups is 1. The van der Waals surface area contributed by atoms with Crippen molar-refractivity contribution >= 4 is 21.9 Å². The van der Waals surface area contributed by atoms with Crippen molar-refractivity contribution < 1.29 is 9.53 Å². The smallest absolute Gasteiger partial charge is 0.354 e. The number of methoxy groups -OCH3 is 1. The summed E-state index contributed by atoms with van der Waals surface area (Å²) in [5, 5.41) is 0. The average Bonchev–Trinajstić information content (AvgIpc) is 2.28. The Hall–Kier alpha value is -0.770. The Kier molecular flexibility index (Phi) is 2.34. The minimum Gasteiger partial charge on any atom is -0.464 e. The van der Waals surface area contributed by atoms with E-state index >= 15 is 0 Å². The normalized spacial score (nSPS) is 9.73. The zero-order valence-corrected chi connectivity index (χ0v) is 7.86. The maximum Gasteiger partial charge on any atom is 0.354 e. The molecule has 4 heteroatoms. The molecule has 0 aliphatic heterocycles. The number of hydrogen-bond acceptors (Lipinski definition) is 2. The van der Waals surface area contributed by atoms with Gasteiger partial charge < -0.3 is 9.72 Å². The lowest BCUT2D eigenvalue weighted by atomic mass is 10.3. The minimum absolute atomic E-state index is 0.340. The van der Waals surface area contributed by atoms with Crippen LogP contribution in [0.1, 0.15) is 16.1 Å². The van der Waals surface area contributed by atoms with Crippen LogP contribution < -0.4 is 0 Å². The fraction of sp³-hybridized carbons (Fsp3) is 0.286. The monoisotopic (exact) mass is 217 g/mol. The van der Waals surface area contributed by atoms with Crippen LogP contribution in [0.4, 0.5) is 0 Å². The van der Waals surface area contributed by atoms with E-state index in [1.165, 1.54) is 7.11 Å². The average molecular weight is 218 g/mol. The van der Waals surface area contributed by atoms with Crippen molar-refractivity contribution in [2.75, 3.05) is 7.11 Å². The molecule has 0 aliphatic rings. The van der Waals surface area contributed by atoms with Gasteiger partial charge in [0.05, 0.1) is 11.7 Å². The molecule has 1 N–H and O–H groups in total. The van der Waals surface area contributed by atoms with Crippen molar-refractivity contribution in [3.8, 4) is 0 Å². The summed E-state index contributed by atoms with van der Waals surface area (Å²) in [4.78, 5) is 13.8. The van der Waals surface area contributed by atoms with E-state index in [1.807, 2.05) is 13.0 Å². The summed E-state index contributed by atoms with van der Waals surface area (Å²) in [6.45, 7) is 1.84. The van der Waals surface area contributed by atoms with Gasteiger partial charge in [-0.3, -0.25) is 0 Å².